The van der Waals surface area contributed by atoms with E-state index in [9.17, 15) is 10.2 Å². The molecule has 6 heteroatoms. The lowest BCUT2D eigenvalue weighted by molar-refractivity contribution is 0.0898. The molecule has 1 atom stereocenters. The lowest BCUT2D eigenvalue weighted by atomic mass is 10.2. The molecule has 0 radical (unpaired) electrons. The summed E-state index contributed by atoms with van der Waals surface area (Å²) in [5.74, 6) is 0.224. The van der Waals surface area contributed by atoms with Gasteiger partial charge in [0.05, 0.1) is 6.54 Å². The van der Waals surface area contributed by atoms with E-state index in [2.05, 4.69) is 20.9 Å². The molecule has 18 heavy (non-hydrogen) atoms. The molecule has 0 saturated heterocycles. The minimum Gasteiger partial charge on any atom is -0.508 e. The summed E-state index contributed by atoms with van der Waals surface area (Å²) in [6, 6.07) is 5.24. The summed E-state index contributed by atoms with van der Waals surface area (Å²) < 4.78 is 0.903. The second-order valence-electron chi connectivity index (χ2n) is 3.82. The number of hydrogen-bond acceptors (Lipinski definition) is 4. The van der Waals surface area contributed by atoms with E-state index in [0.717, 1.165) is 15.2 Å². The maximum Gasteiger partial charge on any atom is 0.161 e. The van der Waals surface area contributed by atoms with Crippen LogP contribution in [-0.4, -0.2) is 39.8 Å². The molecular formula is C12H17BrN2O2S. The highest BCUT2D eigenvalue weighted by molar-refractivity contribution is 9.10. The van der Waals surface area contributed by atoms with Gasteiger partial charge >= 0.3 is 0 Å². The number of phenols is 1. The highest BCUT2D eigenvalue weighted by Crippen LogP contribution is 2.23. The van der Waals surface area contributed by atoms with E-state index in [0.29, 0.717) is 6.54 Å². The molecular weight excluding hydrogens is 316 g/mol. The predicted octanol–water partition coefficient (Wildman–Crippen LogP) is 2.64. The van der Waals surface area contributed by atoms with Gasteiger partial charge in [0.25, 0.3) is 0 Å². The second kappa shape index (κ2) is 7.01. The Morgan fingerprint density at radius 1 is 1.56 bits per heavy atom. The van der Waals surface area contributed by atoms with Gasteiger partial charge in [0.15, 0.2) is 5.17 Å². The van der Waals surface area contributed by atoms with Gasteiger partial charge in [-0.2, -0.15) is 0 Å². The zero-order valence-corrected chi connectivity index (χ0v) is 13.0. The summed E-state index contributed by atoms with van der Waals surface area (Å²) >= 11 is 4.82. The zero-order chi connectivity index (χ0) is 13.7. The Balaban J connectivity index is 2.86. The summed E-state index contributed by atoms with van der Waals surface area (Å²) in [6.45, 7) is 2.06. The number of thioether (sulfide) groups is 1. The predicted molar refractivity (Wildman–Crippen MR) is 79.9 cm³/mol. The number of hydrogen-bond donors (Lipinski definition) is 2. The largest absolute Gasteiger partial charge is 0.508 e. The average molecular weight is 333 g/mol. The lowest BCUT2D eigenvalue weighted by Gasteiger charge is -2.22. The van der Waals surface area contributed by atoms with Gasteiger partial charge < -0.3 is 15.1 Å². The van der Waals surface area contributed by atoms with Crippen LogP contribution in [0.25, 0.3) is 0 Å². The second-order valence-corrected chi connectivity index (χ2v) is 5.51. The van der Waals surface area contributed by atoms with Crippen molar-refractivity contribution in [3.05, 3.63) is 28.2 Å². The van der Waals surface area contributed by atoms with Gasteiger partial charge in [0, 0.05) is 17.1 Å². The average Bonchev–Trinajstić information content (AvgIpc) is 2.33. The van der Waals surface area contributed by atoms with Crippen molar-refractivity contribution in [3.8, 4) is 5.75 Å². The van der Waals surface area contributed by atoms with Gasteiger partial charge in [-0.1, -0.05) is 27.7 Å². The molecule has 0 heterocycles. The maximum atomic E-state index is 9.71. The van der Waals surface area contributed by atoms with Gasteiger partial charge in [0.1, 0.15) is 12.0 Å². The summed E-state index contributed by atoms with van der Waals surface area (Å²) in [5, 5.41) is 19.9. The molecule has 1 unspecified atom stereocenters. The van der Waals surface area contributed by atoms with Crippen molar-refractivity contribution in [2.75, 3.05) is 13.3 Å². The number of aromatic hydroxyl groups is 1. The first-order valence-electron chi connectivity index (χ1n) is 5.42. The zero-order valence-electron chi connectivity index (χ0n) is 10.6. The highest BCUT2D eigenvalue weighted by Gasteiger charge is 2.10. The van der Waals surface area contributed by atoms with Crippen molar-refractivity contribution < 1.29 is 10.2 Å². The molecule has 0 aliphatic heterocycles. The lowest BCUT2D eigenvalue weighted by Crippen LogP contribution is -2.32. The monoisotopic (exact) mass is 332 g/mol. The minimum atomic E-state index is -0.590. The van der Waals surface area contributed by atoms with Gasteiger partial charge in [0.2, 0.25) is 0 Å². The van der Waals surface area contributed by atoms with E-state index in [1.165, 1.54) is 11.8 Å². The van der Waals surface area contributed by atoms with Crippen LogP contribution < -0.4 is 0 Å². The van der Waals surface area contributed by atoms with Gasteiger partial charge in [-0.25, -0.2) is 0 Å². The van der Waals surface area contributed by atoms with Crippen molar-refractivity contribution in [1.82, 2.24) is 4.90 Å². The van der Waals surface area contributed by atoms with E-state index in [1.807, 2.05) is 12.3 Å². The number of phenolic OH excluding ortho intramolecular Hbond substituents is 1. The summed E-state index contributed by atoms with van der Waals surface area (Å²) in [5.41, 5.74) is 0.745. The first-order chi connectivity index (χ1) is 8.45. The molecule has 1 rings (SSSR count). The number of aliphatic hydroxyl groups excluding tert-OH is 1. The number of halogens is 1. The Morgan fingerprint density at radius 3 is 2.78 bits per heavy atom. The first kappa shape index (κ1) is 15.3. The van der Waals surface area contributed by atoms with Crippen molar-refractivity contribution in [2.24, 2.45) is 4.99 Å². The standard InChI is InChI=1S/C12H17BrN2O2S/c1-8(16)15(2)12(18-3)14-7-9-6-10(13)4-5-11(9)17/h4-6,8,16-17H,7H2,1-3H3. The summed E-state index contributed by atoms with van der Waals surface area (Å²) in [4.78, 5) is 6.08. The molecule has 0 saturated carbocycles. The van der Waals surface area contributed by atoms with Crippen molar-refractivity contribution in [3.63, 3.8) is 0 Å². The fourth-order valence-corrected chi connectivity index (χ4v) is 2.36. The van der Waals surface area contributed by atoms with E-state index < -0.39 is 6.23 Å². The van der Waals surface area contributed by atoms with Crippen LogP contribution in [0.4, 0.5) is 0 Å². The summed E-state index contributed by atoms with van der Waals surface area (Å²) in [7, 11) is 1.78. The summed E-state index contributed by atoms with van der Waals surface area (Å²) in [6.07, 6.45) is 1.31. The Hall–Kier alpha value is -0.720. The van der Waals surface area contributed by atoms with Crippen molar-refractivity contribution >= 4 is 32.9 Å². The fraction of sp³-hybridized carbons (Fsp3) is 0.417. The molecule has 0 aromatic heterocycles. The van der Waals surface area contributed by atoms with Crippen LogP contribution in [0.15, 0.2) is 27.7 Å². The molecule has 1 aromatic rings. The van der Waals surface area contributed by atoms with E-state index in [4.69, 9.17) is 0 Å². The van der Waals surface area contributed by atoms with Crippen LogP contribution >= 0.6 is 27.7 Å². The van der Waals surface area contributed by atoms with E-state index in [1.54, 1.807) is 31.0 Å². The molecule has 0 aliphatic rings. The van der Waals surface area contributed by atoms with Crippen LogP contribution in [0, 0.1) is 0 Å². The van der Waals surface area contributed by atoms with Crippen LogP contribution in [0.3, 0.4) is 0 Å². The third-order valence-electron chi connectivity index (χ3n) is 2.47. The molecule has 0 bridgehead atoms. The smallest absolute Gasteiger partial charge is 0.161 e. The number of nitrogens with zero attached hydrogens (tertiary/aromatic N) is 2. The fourth-order valence-electron chi connectivity index (χ4n) is 1.31. The van der Waals surface area contributed by atoms with Crippen LogP contribution in [0.2, 0.25) is 0 Å². The van der Waals surface area contributed by atoms with Gasteiger partial charge in [-0.3, -0.25) is 4.99 Å². The Bertz CT molecular complexity index is 438. The van der Waals surface area contributed by atoms with E-state index >= 15 is 0 Å². The third kappa shape index (κ3) is 4.19. The SMILES string of the molecule is CSC(=NCc1cc(Br)ccc1O)N(C)C(C)O. The molecule has 4 nitrogen and oxygen atoms in total. The molecule has 2 N–H and O–H groups in total. The highest BCUT2D eigenvalue weighted by atomic mass is 79.9. The Morgan fingerprint density at radius 2 is 2.22 bits per heavy atom. The van der Waals surface area contributed by atoms with Crippen LogP contribution in [0.1, 0.15) is 12.5 Å². The number of rotatable bonds is 3. The third-order valence-corrected chi connectivity index (χ3v) is 3.75. The number of benzene rings is 1. The maximum absolute atomic E-state index is 9.71. The van der Waals surface area contributed by atoms with Crippen LogP contribution in [-0.2, 0) is 6.54 Å². The Labute approximate surface area is 120 Å². The quantitative estimate of drug-likeness (QED) is 0.507. The molecule has 0 spiro atoms. The molecule has 100 valence electrons. The van der Waals surface area contributed by atoms with Crippen molar-refractivity contribution in [2.45, 2.75) is 19.7 Å². The normalized spacial score (nSPS) is 13.5. The minimum absolute atomic E-state index is 0.224. The molecule has 0 aliphatic carbocycles. The molecule has 0 amide bonds. The van der Waals surface area contributed by atoms with Crippen molar-refractivity contribution in [1.29, 1.82) is 0 Å². The molecule has 1 aromatic carbocycles. The molecule has 0 fully saturated rings. The van der Waals surface area contributed by atoms with Crippen LogP contribution in [0.5, 0.6) is 5.75 Å². The number of aliphatic imine (C=N–C) groups is 1. The number of aliphatic hydroxyl groups is 1. The van der Waals surface area contributed by atoms with Gasteiger partial charge in [-0.15, -0.1) is 0 Å². The number of amidine groups is 1. The topological polar surface area (TPSA) is 56.1 Å². The first-order valence-corrected chi connectivity index (χ1v) is 7.44. The Kier molecular flexibility index (Phi) is 5.98. The van der Waals surface area contributed by atoms with E-state index in [-0.39, 0.29) is 5.75 Å². The van der Waals surface area contributed by atoms with Gasteiger partial charge in [-0.05, 0) is 31.4 Å².